The lowest BCUT2D eigenvalue weighted by Crippen LogP contribution is -2.55. The minimum atomic E-state index is -1.08. The third kappa shape index (κ3) is 10.4. The Morgan fingerprint density at radius 3 is 1.77 bits per heavy atom. The lowest BCUT2D eigenvalue weighted by molar-refractivity contribution is -0.138. The Morgan fingerprint density at radius 1 is 0.652 bits per heavy atom. The van der Waals surface area contributed by atoms with Gasteiger partial charge in [-0.2, -0.15) is 5.26 Å². The molecule has 69 heavy (non-hydrogen) atoms. The van der Waals surface area contributed by atoms with Crippen molar-refractivity contribution in [2.24, 2.45) is 0 Å². The Morgan fingerprint density at radius 2 is 1.20 bits per heavy atom. The van der Waals surface area contributed by atoms with E-state index in [9.17, 15) is 29.2 Å². The van der Waals surface area contributed by atoms with Gasteiger partial charge >= 0.3 is 18.3 Å². The SMILES string of the molecule is COC(=O)N[C@@H](C(=O)N1CCCC1c1ncc(-c2ccc(C#Cc3ccc(-c4cnc(C5CN(C(=O)OC)CCN5C(=O)[C@H](NC(=O)OC)c5ccccc5)[nH]4)cc3C#N)cc2)[nH]1)c1ccccc1. The predicted molar refractivity (Wildman–Crippen MR) is 250 cm³/mol. The van der Waals surface area contributed by atoms with Gasteiger partial charge in [0, 0.05) is 36.3 Å². The number of alkyl carbamates (subject to hydrolysis) is 2. The molecule has 0 bridgehead atoms. The molecule has 5 amide bonds. The van der Waals surface area contributed by atoms with Crippen LogP contribution in [0, 0.1) is 23.2 Å². The molecule has 18 heteroatoms. The first kappa shape index (κ1) is 46.6. The van der Waals surface area contributed by atoms with E-state index in [4.69, 9.17) is 14.2 Å². The molecule has 18 nitrogen and oxygen atoms in total. The summed E-state index contributed by atoms with van der Waals surface area (Å²) in [5.41, 5.74) is 5.58. The summed E-state index contributed by atoms with van der Waals surface area (Å²) in [7, 11) is 3.76. The van der Waals surface area contributed by atoms with Gasteiger partial charge in [-0.1, -0.05) is 90.7 Å². The van der Waals surface area contributed by atoms with Gasteiger partial charge in [-0.25, -0.2) is 24.4 Å². The van der Waals surface area contributed by atoms with Crippen LogP contribution >= 0.6 is 0 Å². The Bertz CT molecular complexity index is 2940. The first-order valence-electron chi connectivity index (χ1n) is 22.1. The van der Waals surface area contributed by atoms with Gasteiger partial charge in [0.1, 0.15) is 35.8 Å². The van der Waals surface area contributed by atoms with E-state index in [2.05, 4.69) is 48.5 Å². The molecule has 2 unspecified atom stereocenters. The number of nitrogens with one attached hydrogen (secondary N) is 4. The number of methoxy groups -OCH3 is 3. The summed E-state index contributed by atoms with van der Waals surface area (Å²) in [6.45, 7) is 0.880. The van der Waals surface area contributed by atoms with Crippen LogP contribution in [0.15, 0.2) is 116 Å². The fraction of sp³-hybridized carbons (Fsp3) is 0.255. The molecule has 4 N–H and O–H groups in total. The first-order valence-corrected chi connectivity index (χ1v) is 22.1. The maximum Gasteiger partial charge on any atom is 0.409 e. The third-order valence-corrected chi connectivity index (χ3v) is 12.1. The number of aromatic amines is 2. The van der Waals surface area contributed by atoms with Crippen molar-refractivity contribution in [3.8, 4) is 40.4 Å². The van der Waals surface area contributed by atoms with Crippen LogP contribution in [0.4, 0.5) is 14.4 Å². The minimum Gasteiger partial charge on any atom is -0.453 e. The van der Waals surface area contributed by atoms with Gasteiger partial charge in [0.15, 0.2) is 0 Å². The average molecular weight is 929 g/mol. The fourth-order valence-electron chi connectivity index (χ4n) is 8.53. The van der Waals surface area contributed by atoms with Crippen LogP contribution in [0.2, 0.25) is 0 Å². The number of piperazine rings is 1. The highest BCUT2D eigenvalue weighted by atomic mass is 16.5. The second-order valence-electron chi connectivity index (χ2n) is 16.2. The molecule has 8 rings (SSSR count). The number of likely N-dealkylation sites (tertiary alicyclic amines) is 1. The van der Waals surface area contributed by atoms with E-state index in [1.54, 1.807) is 76.8 Å². The molecular formula is C51H48N10O8. The van der Waals surface area contributed by atoms with Gasteiger partial charge in [0.25, 0.3) is 11.8 Å². The number of amides is 5. The lowest BCUT2D eigenvalue weighted by Gasteiger charge is -2.41. The zero-order chi connectivity index (χ0) is 48.4. The number of aromatic nitrogens is 4. The Balaban J connectivity index is 0.968. The van der Waals surface area contributed by atoms with Crippen molar-refractivity contribution in [1.29, 1.82) is 5.26 Å². The quantitative estimate of drug-likeness (QED) is 0.0851. The number of ether oxygens (including phenoxy) is 3. The predicted octanol–water partition coefficient (Wildman–Crippen LogP) is 6.55. The summed E-state index contributed by atoms with van der Waals surface area (Å²) in [6, 6.07) is 29.9. The highest BCUT2D eigenvalue weighted by Gasteiger charge is 2.40. The number of imidazole rings is 2. The Labute approximate surface area is 397 Å². The van der Waals surface area contributed by atoms with Crippen molar-refractivity contribution in [3.63, 3.8) is 0 Å². The van der Waals surface area contributed by atoms with E-state index in [1.165, 1.54) is 26.2 Å². The van der Waals surface area contributed by atoms with Gasteiger partial charge in [0.05, 0.1) is 63.3 Å². The van der Waals surface area contributed by atoms with E-state index in [0.717, 1.165) is 17.7 Å². The normalized spacial score (nSPS) is 16.2. The number of benzene rings is 4. The molecule has 4 aromatic carbocycles. The zero-order valence-corrected chi connectivity index (χ0v) is 38.0. The van der Waals surface area contributed by atoms with Gasteiger partial charge in [-0.15, -0.1) is 0 Å². The fourth-order valence-corrected chi connectivity index (χ4v) is 8.53. The molecule has 6 aromatic rings. The van der Waals surface area contributed by atoms with Crippen molar-refractivity contribution in [2.75, 3.05) is 47.5 Å². The summed E-state index contributed by atoms with van der Waals surface area (Å²) in [5, 5.41) is 15.5. The molecular weight excluding hydrogens is 881 g/mol. The molecule has 2 aliphatic heterocycles. The number of rotatable bonds is 10. The molecule has 350 valence electrons. The van der Waals surface area contributed by atoms with Crippen molar-refractivity contribution in [2.45, 2.75) is 37.0 Å². The van der Waals surface area contributed by atoms with Crippen molar-refractivity contribution in [3.05, 3.63) is 155 Å². The highest BCUT2D eigenvalue weighted by Crippen LogP contribution is 2.35. The monoisotopic (exact) mass is 928 g/mol. The molecule has 2 aliphatic rings. The van der Waals surface area contributed by atoms with Crippen LogP contribution in [-0.4, -0.2) is 112 Å². The van der Waals surface area contributed by atoms with E-state index in [-0.39, 0.29) is 31.6 Å². The molecule has 0 radical (unpaired) electrons. The first-order chi connectivity index (χ1) is 33.6. The third-order valence-electron chi connectivity index (χ3n) is 12.1. The molecule has 2 saturated heterocycles. The lowest BCUT2D eigenvalue weighted by atomic mass is 10.0. The van der Waals surface area contributed by atoms with Gasteiger partial charge in [-0.05, 0) is 53.8 Å². The number of carbonyl (C=O) groups excluding carboxylic acids is 5. The van der Waals surface area contributed by atoms with Crippen LogP contribution in [0.1, 0.15) is 76.5 Å². The molecule has 0 aliphatic carbocycles. The number of H-pyrrole nitrogens is 2. The molecule has 4 heterocycles. The van der Waals surface area contributed by atoms with Crippen LogP contribution in [0.5, 0.6) is 0 Å². The number of nitriles is 1. The highest BCUT2D eigenvalue weighted by molar-refractivity contribution is 5.88. The second-order valence-corrected chi connectivity index (χ2v) is 16.2. The van der Waals surface area contributed by atoms with Crippen molar-refractivity contribution >= 4 is 30.1 Å². The molecule has 2 fully saturated rings. The van der Waals surface area contributed by atoms with E-state index < -0.39 is 42.3 Å². The standard InChI is InChI=1S/C51H48N10O8/c1-67-49(64)57-43(35-11-6-4-7-12-35)47(62)60-24-10-15-41(60)45-53-29-39(55-45)34-20-17-32(18-21-34)16-19-33-22-23-37(27-38(33)28-52)40-30-54-46(56-40)42-31-59(51(66)69-3)25-26-61(42)48(63)44(58-50(65)68-2)36-13-8-5-9-14-36/h4-9,11-14,17-18,20-23,27,29-30,41-44H,10,15,24-26,31H2,1-3H3,(H,53,55)(H,54,56)(H,57,64)(H,58,65)/t41?,42?,43-,44-/m1/s1. The van der Waals surface area contributed by atoms with Gasteiger partial charge in [0.2, 0.25) is 0 Å². The zero-order valence-electron chi connectivity index (χ0n) is 38.0. The van der Waals surface area contributed by atoms with Gasteiger partial charge in [-0.3, -0.25) is 9.59 Å². The molecule has 0 saturated carbocycles. The molecule has 4 atom stereocenters. The van der Waals surface area contributed by atoms with Crippen molar-refractivity contribution < 1.29 is 38.2 Å². The average Bonchev–Trinajstić information content (AvgIpc) is 4.21. The number of hydrogen-bond donors (Lipinski definition) is 4. The molecule has 0 spiro atoms. The van der Waals surface area contributed by atoms with E-state index in [1.807, 2.05) is 48.5 Å². The van der Waals surface area contributed by atoms with Crippen molar-refractivity contribution in [1.82, 2.24) is 45.3 Å². The van der Waals surface area contributed by atoms with E-state index >= 15 is 0 Å². The minimum absolute atomic E-state index is 0.0588. The smallest absolute Gasteiger partial charge is 0.409 e. The number of hydrogen-bond acceptors (Lipinski definition) is 11. The number of nitrogens with zero attached hydrogens (tertiary/aromatic N) is 6. The van der Waals surface area contributed by atoms with E-state index in [0.29, 0.717) is 63.7 Å². The Hall–Kier alpha value is -8.90. The Kier molecular flexibility index (Phi) is 14.3. The number of carbonyl (C=O) groups is 5. The summed E-state index contributed by atoms with van der Waals surface area (Å²) >= 11 is 0. The van der Waals surface area contributed by atoms with Crippen LogP contribution in [-0.2, 0) is 23.8 Å². The largest absolute Gasteiger partial charge is 0.453 e. The summed E-state index contributed by atoms with van der Waals surface area (Å²) in [4.78, 5) is 86.3. The summed E-state index contributed by atoms with van der Waals surface area (Å²) in [5.74, 6) is 6.63. The van der Waals surface area contributed by atoms with Crippen LogP contribution in [0.25, 0.3) is 22.5 Å². The maximum absolute atomic E-state index is 14.3. The van der Waals surface area contributed by atoms with Crippen LogP contribution < -0.4 is 10.6 Å². The molecule has 2 aromatic heterocycles. The van der Waals surface area contributed by atoms with Crippen LogP contribution in [0.3, 0.4) is 0 Å². The second kappa shape index (κ2) is 21.2. The van der Waals surface area contributed by atoms with Gasteiger partial charge < -0.3 is 49.5 Å². The maximum atomic E-state index is 14.3. The summed E-state index contributed by atoms with van der Waals surface area (Å²) in [6.07, 6.45) is 2.77. The topological polar surface area (TPSA) is 228 Å². The summed E-state index contributed by atoms with van der Waals surface area (Å²) < 4.78 is 14.7.